The van der Waals surface area contributed by atoms with E-state index in [0.29, 0.717) is 6.04 Å². The quantitative estimate of drug-likeness (QED) is 0.334. The molecule has 2 fully saturated rings. The van der Waals surface area contributed by atoms with Gasteiger partial charge in [-0.15, -0.1) is 24.0 Å². The minimum atomic E-state index is 0. The SMILES string of the molecule is CCNC(=NCCCC1CC1)NC1CC1C.I. The molecule has 0 saturated heterocycles. The van der Waals surface area contributed by atoms with Crippen LogP contribution >= 0.6 is 24.0 Å². The van der Waals surface area contributed by atoms with E-state index < -0.39 is 0 Å². The van der Waals surface area contributed by atoms with Crippen molar-refractivity contribution in [3.8, 4) is 0 Å². The Morgan fingerprint density at radius 1 is 1.35 bits per heavy atom. The number of hydrogen-bond acceptors (Lipinski definition) is 1. The van der Waals surface area contributed by atoms with Gasteiger partial charge in [-0.1, -0.05) is 19.8 Å². The number of halogens is 1. The molecule has 2 rings (SSSR count). The first kappa shape index (κ1) is 15.1. The normalized spacial score (nSPS) is 27.3. The molecule has 0 radical (unpaired) electrons. The van der Waals surface area contributed by atoms with Crippen LogP contribution in [0.15, 0.2) is 4.99 Å². The Kier molecular flexibility index (Phi) is 6.59. The minimum Gasteiger partial charge on any atom is -0.357 e. The molecule has 3 nitrogen and oxygen atoms in total. The van der Waals surface area contributed by atoms with Crippen LogP contribution in [0.5, 0.6) is 0 Å². The van der Waals surface area contributed by atoms with Gasteiger partial charge in [0.25, 0.3) is 0 Å². The van der Waals surface area contributed by atoms with Crippen LogP contribution in [0.25, 0.3) is 0 Å². The van der Waals surface area contributed by atoms with Crippen molar-refractivity contribution in [2.24, 2.45) is 16.8 Å². The third-order valence-corrected chi connectivity index (χ3v) is 3.51. The van der Waals surface area contributed by atoms with Crippen molar-refractivity contribution in [3.63, 3.8) is 0 Å². The molecule has 100 valence electrons. The molecule has 2 N–H and O–H groups in total. The predicted octanol–water partition coefficient (Wildman–Crippen LogP) is 2.76. The van der Waals surface area contributed by atoms with E-state index in [1.165, 1.54) is 32.1 Å². The van der Waals surface area contributed by atoms with E-state index in [1.54, 1.807) is 0 Å². The number of rotatable bonds is 6. The van der Waals surface area contributed by atoms with Gasteiger partial charge in [0.15, 0.2) is 5.96 Å². The Bertz CT molecular complexity index is 251. The zero-order valence-electron chi connectivity index (χ0n) is 11.0. The van der Waals surface area contributed by atoms with Gasteiger partial charge >= 0.3 is 0 Å². The van der Waals surface area contributed by atoms with E-state index in [-0.39, 0.29) is 24.0 Å². The van der Waals surface area contributed by atoms with Gasteiger partial charge < -0.3 is 10.6 Å². The molecule has 0 spiro atoms. The summed E-state index contributed by atoms with van der Waals surface area (Å²) in [5.74, 6) is 2.89. The molecule has 0 aromatic heterocycles. The Hall–Kier alpha value is 0. The molecule has 0 amide bonds. The molecule has 2 aliphatic carbocycles. The second-order valence-electron chi connectivity index (χ2n) is 5.31. The monoisotopic (exact) mass is 351 g/mol. The fourth-order valence-electron chi connectivity index (χ4n) is 2.00. The van der Waals surface area contributed by atoms with E-state index in [4.69, 9.17) is 0 Å². The Morgan fingerprint density at radius 2 is 2.06 bits per heavy atom. The number of nitrogens with one attached hydrogen (secondary N) is 2. The minimum absolute atomic E-state index is 0. The number of hydrogen-bond donors (Lipinski definition) is 2. The lowest BCUT2D eigenvalue weighted by Gasteiger charge is -2.10. The van der Waals surface area contributed by atoms with E-state index in [1.807, 2.05) is 0 Å². The van der Waals surface area contributed by atoms with Gasteiger partial charge in [0, 0.05) is 19.1 Å². The van der Waals surface area contributed by atoms with Crippen LogP contribution in [-0.2, 0) is 0 Å². The standard InChI is InChI=1S/C13H25N3.HI/c1-3-14-13(16-12-9-10(12)2)15-8-4-5-11-6-7-11;/h10-12H,3-9H2,1-2H3,(H2,14,15,16);1H. The summed E-state index contributed by atoms with van der Waals surface area (Å²) in [6.07, 6.45) is 6.85. The smallest absolute Gasteiger partial charge is 0.191 e. The summed E-state index contributed by atoms with van der Waals surface area (Å²) in [5, 5.41) is 6.80. The van der Waals surface area contributed by atoms with E-state index in [0.717, 1.165) is 30.9 Å². The maximum absolute atomic E-state index is 4.62. The van der Waals surface area contributed by atoms with Gasteiger partial charge in [0.1, 0.15) is 0 Å². The average Bonchev–Trinajstić information content (AvgIpc) is 3.14. The fraction of sp³-hybridized carbons (Fsp3) is 0.923. The van der Waals surface area contributed by atoms with Crippen molar-refractivity contribution in [1.29, 1.82) is 0 Å². The highest BCUT2D eigenvalue weighted by Gasteiger charge is 2.33. The van der Waals surface area contributed by atoms with Crippen LogP contribution in [0.2, 0.25) is 0 Å². The summed E-state index contributed by atoms with van der Waals surface area (Å²) in [4.78, 5) is 4.62. The van der Waals surface area contributed by atoms with E-state index in [9.17, 15) is 0 Å². The predicted molar refractivity (Wildman–Crippen MR) is 84.1 cm³/mol. The average molecular weight is 351 g/mol. The van der Waals surface area contributed by atoms with Gasteiger partial charge in [-0.25, -0.2) is 0 Å². The second-order valence-corrected chi connectivity index (χ2v) is 5.31. The summed E-state index contributed by atoms with van der Waals surface area (Å²) in [6.45, 7) is 6.34. The van der Waals surface area contributed by atoms with Crippen LogP contribution in [0, 0.1) is 11.8 Å². The Labute approximate surface area is 122 Å². The highest BCUT2D eigenvalue weighted by molar-refractivity contribution is 14.0. The third kappa shape index (κ3) is 5.93. The summed E-state index contributed by atoms with van der Waals surface area (Å²) < 4.78 is 0. The summed E-state index contributed by atoms with van der Waals surface area (Å²) in [6, 6.07) is 0.668. The lowest BCUT2D eigenvalue weighted by Crippen LogP contribution is -2.39. The zero-order valence-corrected chi connectivity index (χ0v) is 13.4. The molecule has 17 heavy (non-hydrogen) atoms. The van der Waals surface area contributed by atoms with Gasteiger partial charge in [0.2, 0.25) is 0 Å². The summed E-state index contributed by atoms with van der Waals surface area (Å²) in [7, 11) is 0. The number of guanidine groups is 1. The van der Waals surface area contributed by atoms with E-state index in [2.05, 4.69) is 29.5 Å². The lowest BCUT2D eigenvalue weighted by molar-refractivity contribution is 0.669. The first-order chi connectivity index (χ1) is 7.79. The van der Waals surface area contributed by atoms with Crippen molar-refractivity contribution in [3.05, 3.63) is 0 Å². The van der Waals surface area contributed by atoms with Gasteiger partial charge in [-0.05, 0) is 38.0 Å². The van der Waals surface area contributed by atoms with Gasteiger partial charge in [-0.3, -0.25) is 4.99 Å². The second kappa shape index (κ2) is 7.44. The van der Waals surface area contributed by atoms with Crippen LogP contribution < -0.4 is 10.6 Å². The fourth-order valence-corrected chi connectivity index (χ4v) is 2.00. The highest BCUT2D eigenvalue weighted by Crippen LogP contribution is 2.33. The highest BCUT2D eigenvalue weighted by atomic mass is 127. The van der Waals surface area contributed by atoms with E-state index >= 15 is 0 Å². The van der Waals surface area contributed by atoms with Crippen LogP contribution in [0.4, 0.5) is 0 Å². The van der Waals surface area contributed by atoms with Gasteiger partial charge in [-0.2, -0.15) is 0 Å². The van der Waals surface area contributed by atoms with Crippen LogP contribution in [-0.4, -0.2) is 25.1 Å². The maximum atomic E-state index is 4.62. The molecule has 0 bridgehead atoms. The molecule has 4 heteroatoms. The first-order valence-electron chi connectivity index (χ1n) is 6.84. The maximum Gasteiger partial charge on any atom is 0.191 e. The lowest BCUT2D eigenvalue weighted by atomic mass is 10.2. The van der Waals surface area contributed by atoms with Crippen LogP contribution in [0.1, 0.15) is 46.0 Å². The molecule has 2 saturated carbocycles. The topological polar surface area (TPSA) is 36.4 Å². The first-order valence-corrected chi connectivity index (χ1v) is 6.84. The summed E-state index contributed by atoms with van der Waals surface area (Å²) >= 11 is 0. The van der Waals surface area contributed by atoms with Crippen molar-refractivity contribution < 1.29 is 0 Å². The van der Waals surface area contributed by atoms with Crippen LogP contribution in [0.3, 0.4) is 0 Å². The molecular formula is C13H26IN3. The molecule has 0 aromatic carbocycles. The van der Waals surface area contributed by atoms with Crippen molar-refractivity contribution in [2.75, 3.05) is 13.1 Å². The molecule has 2 atom stereocenters. The largest absolute Gasteiger partial charge is 0.357 e. The number of aliphatic imine (C=N–C) groups is 1. The van der Waals surface area contributed by atoms with Crippen molar-refractivity contribution >= 4 is 29.9 Å². The Balaban J connectivity index is 0.00000144. The zero-order chi connectivity index (χ0) is 11.4. The third-order valence-electron chi connectivity index (χ3n) is 3.51. The van der Waals surface area contributed by atoms with Crippen molar-refractivity contribution in [1.82, 2.24) is 10.6 Å². The van der Waals surface area contributed by atoms with Crippen molar-refractivity contribution in [2.45, 2.75) is 52.0 Å². The Morgan fingerprint density at radius 3 is 2.59 bits per heavy atom. The number of nitrogens with zero attached hydrogens (tertiary/aromatic N) is 1. The van der Waals surface area contributed by atoms with Gasteiger partial charge in [0.05, 0.1) is 0 Å². The molecular weight excluding hydrogens is 325 g/mol. The molecule has 2 unspecified atom stereocenters. The summed E-state index contributed by atoms with van der Waals surface area (Å²) in [5.41, 5.74) is 0. The molecule has 0 aromatic rings. The molecule has 0 heterocycles. The molecule has 2 aliphatic rings. The molecule has 0 aliphatic heterocycles.